The van der Waals surface area contributed by atoms with Crippen LogP contribution in [-0.2, 0) is 13.7 Å². The van der Waals surface area contributed by atoms with E-state index in [2.05, 4.69) is 24.1 Å². The van der Waals surface area contributed by atoms with E-state index < -0.39 is 0 Å². The Bertz CT molecular complexity index is 581. The molecule has 1 N–H and O–H groups in total. The highest BCUT2D eigenvalue weighted by Crippen LogP contribution is 2.30. The van der Waals surface area contributed by atoms with Crippen molar-refractivity contribution in [3.8, 4) is 11.5 Å². The van der Waals surface area contributed by atoms with Crippen molar-refractivity contribution < 1.29 is 9.47 Å². The second-order valence-corrected chi connectivity index (χ2v) is 4.93. The molecule has 2 rings (SSSR count). The second-order valence-electron chi connectivity index (χ2n) is 4.93. The quantitative estimate of drug-likeness (QED) is 0.851. The van der Waals surface area contributed by atoms with Crippen LogP contribution in [0.4, 0.5) is 0 Å². The first-order valence-corrected chi connectivity index (χ1v) is 7.16. The number of ether oxygens (including phenoxy) is 2. The molecule has 0 aliphatic rings. The number of aromatic nitrogens is 2. The van der Waals surface area contributed by atoms with Gasteiger partial charge in [-0.1, -0.05) is 13.0 Å². The molecule has 21 heavy (non-hydrogen) atoms. The fraction of sp³-hybridized carbons (Fsp3) is 0.438. The molecule has 1 aromatic carbocycles. The van der Waals surface area contributed by atoms with Crippen LogP contribution in [0.2, 0.25) is 0 Å². The van der Waals surface area contributed by atoms with Gasteiger partial charge in [-0.15, -0.1) is 0 Å². The van der Waals surface area contributed by atoms with Gasteiger partial charge in [-0.3, -0.25) is 0 Å². The van der Waals surface area contributed by atoms with Crippen LogP contribution in [-0.4, -0.2) is 23.2 Å². The third-order valence-corrected chi connectivity index (χ3v) is 3.48. The molecule has 5 heteroatoms. The maximum Gasteiger partial charge on any atom is 0.146 e. The highest BCUT2D eigenvalue weighted by atomic mass is 16.5. The molecule has 0 aliphatic heterocycles. The first-order valence-electron chi connectivity index (χ1n) is 7.16. The molecule has 0 amide bonds. The van der Waals surface area contributed by atoms with Gasteiger partial charge in [0.25, 0.3) is 0 Å². The average molecular weight is 289 g/mol. The zero-order valence-electron chi connectivity index (χ0n) is 13.1. The lowest BCUT2D eigenvalue weighted by Crippen LogP contribution is -2.18. The molecular formula is C16H23N3O2. The van der Waals surface area contributed by atoms with Crippen molar-refractivity contribution in [1.82, 2.24) is 14.9 Å². The van der Waals surface area contributed by atoms with Crippen LogP contribution < -0.4 is 14.8 Å². The summed E-state index contributed by atoms with van der Waals surface area (Å²) in [6.07, 6.45) is 3.68. The highest BCUT2D eigenvalue weighted by molar-refractivity contribution is 5.42. The van der Waals surface area contributed by atoms with Gasteiger partial charge in [0.15, 0.2) is 0 Å². The fourth-order valence-electron chi connectivity index (χ4n) is 2.22. The number of rotatable bonds is 7. The SMILES string of the molecule is CCNC(C)c1ccc(OC)cc1OCc1nccn1C. The first kappa shape index (κ1) is 15.4. The van der Waals surface area contributed by atoms with E-state index in [1.54, 1.807) is 13.3 Å². The Labute approximate surface area is 125 Å². The standard InChI is InChI=1S/C16H23N3O2/c1-5-17-12(2)14-7-6-13(20-4)10-15(14)21-11-16-18-8-9-19(16)3/h6-10,12,17H,5,11H2,1-4H3. The normalized spacial score (nSPS) is 12.2. The number of aryl methyl sites for hydroxylation is 1. The van der Waals surface area contributed by atoms with Crippen molar-refractivity contribution in [3.63, 3.8) is 0 Å². The largest absolute Gasteiger partial charge is 0.497 e. The Morgan fingerprint density at radius 2 is 2.19 bits per heavy atom. The molecule has 0 bridgehead atoms. The lowest BCUT2D eigenvalue weighted by molar-refractivity contribution is 0.284. The Hall–Kier alpha value is -2.01. The van der Waals surface area contributed by atoms with E-state index in [-0.39, 0.29) is 6.04 Å². The number of imidazole rings is 1. The number of hydrogen-bond acceptors (Lipinski definition) is 4. The smallest absolute Gasteiger partial charge is 0.146 e. The van der Waals surface area contributed by atoms with Crippen LogP contribution in [0.3, 0.4) is 0 Å². The summed E-state index contributed by atoms with van der Waals surface area (Å²) in [4.78, 5) is 4.28. The van der Waals surface area contributed by atoms with Gasteiger partial charge < -0.3 is 19.4 Å². The molecule has 0 saturated heterocycles. The molecule has 0 fully saturated rings. The van der Waals surface area contributed by atoms with Crippen LogP contribution in [0.5, 0.6) is 11.5 Å². The molecule has 1 atom stereocenters. The summed E-state index contributed by atoms with van der Waals surface area (Å²) in [5.74, 6) is 2.50. The molecule has 0 spiro atoms. The van der Waals surface area contributed by atoms with Crippen molar-refractivity contribution in [1.29, 1.82) is 0 Å². The number of hydrogen-bond donors (Lipinski definition) is 1. The summed E-state index contributed by atoms with van der Waals surface area (Å²) in [6, 6.07) is 6.14. The maximum absolute atomic E-state index is 5.97. The third kappa shape index (κ3) is 3.76. The minimum Gasteiger partial charge on any atom is -0.497 e. The maximum atomic E-state index is 5.97. The summed E-state index contributed by atoms with van der Waals surface area (Å²) < 4.78 is 13.2. The molecular weight excluding hydrogens is 266 g/mol. The summed E-state index contributed by atoms with van der Waals surface area (Å²) in [6.45, 7) is 5.56. The van der Waals surface area contributed by atoms with E-state index in [4.69, 9.17) is 9.47 Å². The molecule has 1 heterocycles. The molecule has 5 nitrogen and oxygen atoms in total. The van der Waals surface area contributed by atoms with E-state index in [1.165, 1.54) is 0 Å². The van der Waals surface area contributed by atoms with Gasteiger partial charge >= 0.3 is 0 Å². The zero-order chi connectivity index (χ0) is 15.2. The molecule has 2 aromatic rings. The van der Waals surface area contributed by atoms with Gasteiger partial charge in [0.05, 0.1) is 7.11 Å². The third-order valence-electron chi connectivity index (χ3n) is 3.48. The van der Waals surface area contributed by atoms with Crippen molar-refractivity contribution >= 4 is 0 Å². The van der Waals surface area contributed by atoms with Crippen molar-refractivity contribution in [3.05, 3.63) is 42.0 Å². The van der Waals surface area contributed by atoms with Crippen molar-refractivity contribution in [2.24, 2.45) is 7.05 Å². The van der Waals surface area contributed by atoms with Gasteiger partial charge in [-0.05, 0) is 19.5 Å². The summed E-state index contributed by atoms with van der Waals surface area (Å²) >= 11 is 0. The Balaban J connectivity index is 2.20. The predicted octanol–water partition coefficient (Wildman–Crippen LogP) is 2.68. The monoisotopic (exact) mass is 289 g/mol. The predicted molar refractivity (Wildman–Crippen MR) is 82.6 cm³/mol. The van der Waals surface area contributed by atoms with E-state index in [0.717, 1.165) is 29.4 Å². The van der Waals surface area contributed by atoms with Crippen LogP contribution >= 0.6 is 0 Å². The van der Waals surface area contributed by atoms with Crippen LogP contribution in [0, 0.1) is 0 Å². The Morgan fingerprint density at radius 1 is 1.38 bits per heavy atom. The molecule has 0 radical (unpaired) electrons. The van der Waals surface area contributed by atoms with E-state index in [1.807, 2.05) is 36.0 Å². The average Bonchev–Trinajstić information content (AvgIpc) is 2.90. The van der Waals surface area contributed by atoms with Crippen LogP contribution in [0.15, 0.2) is 30.6 Å². The van der Waals surface area contributed by atoms with Crippen molar-refractivity contribution in [2.45, 2.75) is 26.5 Å². The van der Waals surface area contributed by atoms with E-state index in [9.17, 15) is 0 Å². The minimum absolute atomic E-state index is 0.220. The van der Waals surface area contributed by atoms with Gasteiger partial charge in [-0.2, -0.15) is 0 Å². The number of nitrogens with zero attached hydrogens (tertiary/aromatic N) is 2. The van der Waals surface area contributed by atoms with Gasteiger partial charge in [-0.25, -0.2) is 4.98 Å². The first-order chi connectivity index (χ1) is 10.2. The molecule has 0 saturated carbocycles. The lowest BCUT2D eigenvalue weighted by Gasteiger charge is -2.18. The summed E-state index contributed by atoms with van der Waals surface area (Å²) in [5, 5.41) is 3.40. The second kappa shape index (κ2) is 7.13. The number of benzene rings is 1. The fourth-order valence-corrected chi connectivity index (χ4v) is 2.22. The Kier molecular flexibility index (Phi) is 5.22. The topological polar surface area (TPSA) is 48.3 Å². The van der Waals surface area contributed by atoms with Gasteiger partial charge in [0.2, 0.25) is 0 Å². The van der Waals surface area contributed by atoms with E-state index >= 15 is 0 Å². The zero-order valence-corrected chi connectivity index (χ0v) is 13.1. The lowest BCUT2D eigenvalue weighted by atomic mass is 10.1. The minimum atomic E-state index is 0.220. The molecule has 114 valence electrons. The highest BCUT2D eigenvalue weighted by Gasteiger charge is 2.13. The number of nitrogens with one attached hydrogen (secondary N) is 1. The van der Waals surface area contributed by atoms with E-state index in [0.29, 0.717) is 6.61 Å². The molecule has 1 aromatic heterocycles. The summed E-state index contributed by atoms with van der Waals surface area (Å²) in [5.41, 5.74) is 1.12. The van der Waals surface area contributed by atoms with Crippen LogP contribution in [0.25, 0.3) is 0 Å². The van der Waals surface area contributed by atoms with Gasteiger partial charge in [0.1, 0.15) is 23.9 Å². The Morgan fingerprint density at radius 3 is 2.81 bits per heavy atom. The van der Waals surface area contributed by atoms with Gasteiger partial charge in [0, 0.05) is 37.1 Å². The van der Waals surface area contributed by atoms with Crippen LogP contribution in [0.1, 0.15) is 31.3 Å². The molecule has 0 aliphatic carbocycles. The number of methoxy groups -OCH3 is 1. The molecule has 1 unspecified atom stereocenters. The van der Waals surface area contributed by atoms with Crippen molar-refractivity contribution in [2.75, 3.05) is 13.7 Å². The summed E-state index contributed by atoms with van der Waals surface area (Å²) in [7, 11) is 3.62.